The number of hydrogen-bond donors (Lipinski definition) is 2. The maximum absolute atomic E-state index is 9.46. The van der Waals surface area contributed by atoms with Gasteiger partial charge in [-0.2, -0.15) is 5.10 Å². The van der Waals surface area contributed by atoms with Crippen LogP contribution >= 0.6 is 0 Å². The summed E-state index contributed by atoms with van der Waals surface area (Å²) < 4.78 is 0. The maximum Gasteiger partial charge on any atom is 0.0695 e. The average Bonchev–Trinajstić information content (AvgIpc) is 3.09. The second-order valence-electron chi connectivity index (χ2n) is 5.99. The van der Waals surface area contributed by atoms with Crippen LogP contribution in [0.2, 0.25) is 0 Å². The minimum absolute atomic E-state index is 0.167. The van der Waals surface area contributed by atoms with Crippen LogP contribution in [0.5, 0.6) is 0 Å². The zero-order chi connectivity index (χ0) is 16.8. The number of hydrogen-bond acceptors (Lipinski definition) is 3. The van der Waals surface area contributed by atoms with Gasteiger partial charge in [-0.1, -0.05) is 60.7 Å². The van der Waals surface area contributed by atoms with Crippen molar-refractivity contribution in [2.75, 3.05) is 13.7 Å². The SMILES string of the molecule is CN(Cc1cn[nH]c1-c1ccccc1)C(CCO)c1ccccc1. The van der Waals surface area contributed by atoms with E-state index in [9.17, 15) is 5.11 Å². The third-order valence-corrected chi connectivity index (χ3v) is 4.32. The van der Waals surface area contributed by atoms with Gasteiger partial charge in [0.05, 0.1) is 11.9 Å². The fraction of sp³-hybridized carbons (Fsp3) is 0.250. The first kappa shape index (κ1) is 16.4. The van der Waals surface area contributed by atoms with Crippen molar-refractivity contribution in [3.63, 3.8) is 0 Å². The molecular formula is C20H23N3O. The van der Waals surface area contributed by atoms with Crippen molar-refractivity contribution in [2.24, 2.45) is 0 Å². The van der Waals surface area contributed by atoms with Crippen molar-refractivity contribution < 1.29 is 5.11 Å². The number of H-pyrrole nitrogens is 1. The highest BCUT2D eigenvalue weighted by molar-refractivity contribution is 5.62. The first-order valence-corrected chi connectivity index (χ1v) is 8.23. The van der Waals surface area contributed by atoms with Crippen LogP contribution in [0.15, 0.2) is 66.9 Å². The fourth-order valence-corrected chi connectivity index (χ4v) is 3.10. The van der Waals surface area contributed by atoms with Crippen molar-refractivity contribution >= 4 is 0 Å². The van der Waals surface area contributed by atoms with Crippen LogP contribution in [0.4, 0.5) is 0 Å². The van der Waals surface area contributed by atoms with Crippen LogP contribution in [-0.4, -0.2) is 33.9 Å². The molecule has 3 aromatic rings. The zero-order valence-electron chi connectivity index (χ0n) is 13.9. The Hall–Kier alpha value is -2.43. The van der Waals surface area contributed by atoms with E-state index in [4.69, 9.17) is 0 Å². The molecule has 0 fully saturated rings. The lowest BCUT2D eigenvalue weighted by atomic mass is 10.0. The molecule has 3 rings (SSSR count). The molecule has 4 nitrogen and oxygen atoms in total. The molecule has 2 aromatic carbocycles. The summed E-state index contributed by atoms with van der Waals surface area (Å²) in [5.41, 5.74) is 4.57. The Morgan fingerprint density at radius 2 is 1.71 bits per heavy atom. The molecule has 0 bridgehead atoms. The Labute approximate surface area is 142 Å². The van der Waals surface area contributed by atoms with Gasteiger partial charge in [-0.15, -0.1) is 0 Å². The van der Waals surface area contributed by atoms with E-state index < -0.39 is 0 Å². The standard InChI is InChI=1S/C20H23N3O/c1-23(19(12-13-24)16-8-4-2-5-9-16)15-18-14-21-22-20(18)17-10-6-3-7-11-17/h2-11,14,19,24H,12-13,15H2,1H3,(H,21,22). The van der Waals surface area contributed by atoms with Crippen molar-refractivity contribution in [2.45, 2.75) is 19.0 Å². The van der Waals surface area contributed by atoms with Gasteiger partial charge in [0.15, 0.2) is 0 Å². The number of aliphatic hydroxyl groups is 1. The Morgan fingerprint density at radius 3 is 2.38 bits per heavy atom. The van der Waals surface area contributed by atoms with Gasteiger partial charge in [0.1, 0.15) is 0 Å². The number of benzene rings is 2. The number of aliphatic hydroxyl groups excluding tert-OH is 1. The fourth-order valence-electron chi connectivity index (χ4n) is 3.10. The molecule has 2 N–H and O–H groups in total. The summed E-state index contributed by atoms with van der Waals surface area (Å²) in [6, 6.07) is 20.7. The van der Waals surface area contributed by atoms with Crippen LogP contribution in [0.3, 0.4) is 0 Å². The lowest BCUT2D eigenvalue weighted by molar-refractivity contribution is 0.180. The lowest BCUT2D eigenvalue weighted by Crippen LogP contribution is -2.25. The quantitative estimate of drug-likeness (QED) is 0.698. The van der Waals surface area contributed by atoms with Gasteiger partial charge >= 0.3 is 0 Å². The monoisotopic (exact) mass is 321 g/mol. The van der Waals surface area contributed by atoms with Crippen LogP contribution in [0.1, 0.15) is 23.6 Å². The predicted molar refractivity (Wildman–Crippen MR) is 96.4 cm³/mol. The second kappa shape index (κ2) is 7.90. The largest absolute Gasteiger partial charge is 0.396 e. The van der Waals surface area contributed by atoms with Gasteiger partial charge < -0.3 is 5.11 Å². The van der Waals surface area contributed by atoms with Crippen molar-refractivity contribution in [3.8, 4) is 11.3 Å². The summed E-state index contributed by atoms with van der Waals surface area (Å²) in [6.07, 6.45) is 2.60. The van der Waals surface area contributed by atoms with E-state index in [-0.39, 0.29) is 12.6 Å². The van der Waals surface area contributed by atoms with E-state index in [2.05, 4.69) is 46.4 Å². The molecule has 0 saturated heterocycles. The molecule has 124 valence electrons. The molecule has 4 heteroatoms. The van der Waals surface area contributed by atoms with Crippen LogP contribution in [0.25, 0.3) is 11.3 Å². The summed E-state index contributed by atoms with van der Waals surface area (Å²) in [6.45, 7) is 0.932. The van der Waals surface area contributed by atoms with E-state index in [0.29, 0.717) is 6.42 Å². The summed E-state index contributed by atoms with van der Waals surface area (Å²) in [5, 5.41) is 16.8. The van der Waals surface area contributed by atoms with E-state index in [1.807, 2.05) is 42.6 Å². The van der Waals surface area contributed by atoms with Crippen LogP contribution in [0, 0.1) is 0 Å². The minimum atomic E-state index is 0.167. The highest BCUT2D eigenvalue weighted by Gasteiger charge is 2.18. The smallest absolute Gasteiger partial charge is 0.0695 e. The Kier molecular flexibility index (Phi) is 5.41. The van der Waals surface area contributed by atoms with E-state index in [1.165, 1.54) is 5.56 Å². The summed E-state index contributed by atoms with van der Waals surface area (Å²) in [5.74, 6) is 0. The summed E-state index contributed by atoms with van der Waals surface area (Å²) in [4.78, 5) is 2.27. The number of aromatic nitrogens is 2. The molecule has 0 aliphatic rings. The van der Waals surface area contributed by atoms with Crippen LogP contribution < -0.4 is 0 Å². The molecule has 0 spiro atoms. The van der Waals surface area contributed by atoms with Crippen LogP contribution in [-0.2, 0) is 6.54 Å². The average molecular weight is 321 g/mol. The predicted octanol–water partition coefficient (Wildman–Crippen LogP) is 3.63. The van der Waals surface area contributed by atoms with E-state index >= 15 is 0 Å². The number of nitrogens with zero attached hydrogens (tertiary/aromatic N) is 2. The van der Waals surface area contributed by atoms with Gasteiger partial charge in [0.2, 0.25) is 0 Å². The van der Waals surface area contributed by atoms with Crippen molar-refractivity contribution in [1.29, 1.82) is 0 Å². The minimum Gasteiger partial charge on any atom is -0.396 e. The first-order chi connectivity index (χ1) is 11.8. The third kappa shape index (κ3) is 3.72. The van der Waals surface area contributed by atoms with Crippen molar-refractivity contribution in [1.82, 2.24) is 15.1 Å². The highest BCUT2D eigenvalue weighted by atomic mass is 16.3. The van der Waals surface area contributed by atoms with Gasteiger partial charge in [-0.3, -0.25) is 10.00 Å². The first-order valence-electron chi connectivity index (χ1n) is 8.23. The Balaban J connectivity index is 1.81. The summed E-state index contributed by atoms with van der Waals surface area (Å²) >= 11 is 0. The highest BCUT2D eigenvalue weighted by Crippen LogP contribution is 2.27. The molecule has 0 aliphatic carbocycles. The van der Waals surface area contributed by atoms with Gasteiger partial charge in [-0.05, 0) is 24.6 Å². The Bertz CT molecular complexity index is 740. The normalized spacial score (nSPS) is 12.5. The van der Waals surface area contributed by atoms with Crippen molar-refractivity contribution in [3.05, 3.63) is 78.0 Å². The molecule has 24 heavy (non-hydrogen) atoms. The third-order valence-electron chi connectivity index (χ3n) is 4.32. The van der Waals surface area contributed by atoms with E-state index in [0.717, 1.165) is 23.4 Å². The molecule has 1 heterocycles. The molecular weight excluding hydrogens is 298 g/mol. The molecule has 1 atom stereocenters. The number of nitrogens with one attached hydrogen (secondary N) is 1. The molecule has 0 amide bonds. The number of rotatable bonds is 7. The topological polar surface area (TPSA) is 52.2 Å². The molecule has 0 saturated carbocycles. The lowest BCUT2D eigenvalue weighted by Gasteiger charge is -2.28. The van der Waals surface area contributed by atoms with E-state index in [1.54, 1.807) is 0 Å². The van der Waals surface area contributed by atoms with Gasteiger partial charge in [-0.25, -0.2) is 0 Å². The maximum atomic E-state index is 9.46. The Morgan fingerprint density at radius 1 is 1.04 bits per heavy atom. The molecule has 1 aromatic heterocycles. The van der Waals surface area contributed by atoms with Gasteiger partial charge in [0, 0.05) is 24.8 Å². The summed E-state index contributed by atoms with van der Waals surface area (Å²) in [7, 11) is 2.09. The zero-order valence-corrected chi connectivity index (χ0v) is 13.9. The molecule has 1 unspecified atom stereocenters. The number of aromatic amines is 1. The van der Waals surface area contributed by atoms with Gasteiger partial charge in [0.25, 0.3) is 0 Å². The molecule has 0 aliphatic heterocycles. The molecule has 0 radical (unpaired) electrons. The second-order valence-corrected chi connectivity index (χ2v) is 5.99.